The molecule has 9 heteroatoms. The fourth-order valence-electron chi connectivity index (χ4n) is 5.76. The Balaban J connectivity index is 0.00000441. The number of H-pyrrole nitrogens is 3. The second-order valence-corrected chi connectivity index (χ2v) is 18.0. The van der Waals surface area contributed by atoms with Gasteiger partial charge in [-0.2, -0.15) is 15.3 Å². The van der Waals surface area contributed by atoms with Crippen LogP contribution in [0, 0.1) is 0 Å². The minimum absolute atomic E-state index is 0. The molecule has 0 aliphatic rings. The van der Waals surface area contributed by atoms with E-state index < -0.39 is 0 Å². The molecule has 0 amide bonds. The number of rotatable bonds is 3. The van der Waals surface area contributed by atoms with E-state index in [9.17, 15) is 0 Å². The van der Waals surface area contributed by atoms with Gasteiger partial charge in [0.25, 0.3) is 6.71 Å². The Bertz CT molecular complexity index is 1090. The molecule has 0 aliphatic carbocycles. The minimum Gasteiger partial charge on any atom is -0.282 e. The second-order valence-electron chi connectivity index (χ2n) is 18.0. The van der Waals surface area contributed by atoms with Gasteiger partial charge in [-0.25, -0.2) is 0 Å². The Morgan fingerprint density at radius 1 is 0.381 bits per heavy atom. The van der Waals surface area contributed by atoms with Crippen molar-refractivity contribution in [3.63, 3.8) is 0 Å². The van der Waals surface area contributed by atoms with E-state index in [-0.39, 0.29) is 76.6 Å². The smallest absolute Gasteiger partial charge is 0.255 e. The van der Waals surface area contributed by atoms with Crippen molar-refractivity contribution in [2.24, 2.45) is 0 Å². The summed E-state index contributed by atoms with van der Waals surface area (Å²) in [5.41, 5.74) is 9.63. The summed E-state index contributed by atoms with van der Waals surface area (Å²) < 4.78 is 0. The van der Waals surface area contributed by atoms with Gasteiger partial charge in [0.05, 0.1) is 17.1 Å². The molecule has 3 rings (SSSR count). The van der Waals surface area contributed by atoms with Gasteiger partial charge >= 0.3 is 0 Å². The van der Waals surface area contributed by atoms with E-state index in [1.807, 2.05) is 0 Å². The third-order valence-electron chi connectivity index (χ3n) is 7.66. The van der Waals surface area contributed by atoms with Crippen molar-refractivity contribution in [3.05, 3.63) is 34.2 Å². The van der Waals surface area contributed by atoms with Gasteiger partial charge in [0, 0.05) is 70.0 Å². The van der Waals surface area contributed by atoms with Gasteiger partial charge in [-0.3, -0.25) is 15.3 Å². The summed E-state index contributed by atoms with van der Waals surface area (Å²) in [6.07, 6.45) is 0. The van der Waals surface area contributed by atoms with Crippen molar-refractivity contribution >= 4 is 40.1 Å². The summed E-state index contributed by atoms with van der Waals surface area (Å²) in [5.74, 6) is 0. The molecule has 3 heterocycles. The van der Waals surface area contributed by atoms with E-state index in [4.69, 9.17) is 15.3 Å². The Morgan fingerprint density at radius 3 is 0.714 bits per heavy atom. The summed E-state index contributed by atoms with van der Waals surface area (Å²) in [7, 11) is 0. The van der Waals surface area contributed by atoms with Crippen LogP contribution in [0.25, 0.3) is 0 Å². The van der Waals surface area contributed by atoms with Crippen molar-refractivity contribution in [1.29, 1.82) is 0 Å². The van der Waals surface area contributed by atoms with Crippen molar-refractivity contribution in [2.45, 2.75) is 157 Å². The first-order valence-corrected chi connectivity index (χ1v) is 15.0. The monoisotopic (exact) mass is 734 g/mol. The Morgan fingerprint density at radius 2 is 0.571 bits per heavy atom. The third kappa shape index (κ3) is 7.55. The number of nitrogens with zero attached hydrogens (tertiary/aromatic N) is 3. The number of halogens is 1. The molecule has 0 bridgehead atoms. The van der Waals surface area contributed by atoms with Crippen molar-refractivity contribution in [2.75, 3.05) is 0 Å². The SMILES string of the molecule is Br.CC(C)(C)c1n[nH]c(C(C)(C)C)c1B(c1c(C(C)(C)C)n[nH]c1C(C)(C)C)c1c(C(C)(C)C)n[nH]c1C(C)(C)C.[Pd]. The van der Waals surface area contributed by atoms with Crippen LogP contribution in [0.1, 0.15) is 159 Å². The molecule has 3 aromatic heterocycles. The molecule has 0 aliphatic heterocycles. The third-order valence-corrected chi connectivity index (χ3v) is 7.66. The normalized spacial score (nSPS) is 13.6. The maximum atomic E-state index is 5.08. The standard InChI is InChI=1S/C33H57BN6.BrH.Pd/c1-28(2,3)22-19(23(36-35-22)29(4,5)6)34(20-24(30(7,8)9)37-38-25(20)31(10,11)12)21-26(32(13,14)15)39-40-27(21)33(16,17)18;;/h1-18H3,(H,35,36)(H,37,38)(H,39,40);1H;. The summed E-state index contributed by atoms with van der Waals surface area (Å²) in [5, 5.41) is 25.9. The van der Waals surface area contributed by atoms with Crippen LogP contribution in [0.3, 0.4) is 0 Å². The van der Waals surface area contributed by atoms with Crippen LogP contribution in [0.4, 0.5) is 0 Å². The zero-order chi connectivity index (χ0) is 31.0. The van der Waals surface area contributed by atoms with Gasteiger partial charge in [0.2, 0.25) is 0 Å². The van der Waals surface area contributed by atoms with Gasteiger partial charge in [0.1, 0.15) is 0 Å². The maximum absolute atomic E-state index is 5.08. The first-order valence-electron chi connectivity index (χ1n) is 15.0. The van der Waals surface area contributed by atoms with Gasteiger partial charge in [-0.1, -0.05) is 125 Å². The molecular weight excluding hydrogens is 678 g/mol. The van der Waals surface area contributed by atoms with E-state index >= 15 is 0 Å². The number of aromatic nitrogens is 6. The predicted octanol–water partition coefficient (Wildman–Crippen LogP) is 6.73. The fraction of sp³-hybridized carbons (Fsp3) is 0.727. The van der Waals surface area contributed by atoms with Gasteiger partial charge in [0.15, 0.2) is 0 Å². The quantitative estimate of drug-likeness (QED) is 0.261. The minimum atomic E-state index is -0.172. The zero-order valence-electron chi connectivity index (χ0n) is 29.6. The van der Waals surface area contributed by atoms with Crippen LogP contribution in [0.15, 0.2) is 0 Å². The van der Waals surface area contributed by atoms with Crippen LogP contribution in [0.2, 0.25) is 0 Å². The molecule has 240 valence electrons. The van der Waals surface area contributed by atoms with Crippen LogP contribution in [-0.2, 0) is 52.9 Å². The van der Waals surface area contributed by atoms with E-state index in [0.29, 0.717) is 0 Å². The predicted molar refractivity (Wildman–Crippen MR) is 183 cm³/mol. The van der Waals surface area contributed by atoms with Crippen molar-refractivity contribution in [1.82, 2.24) is 30.6 Å². The van der Waals surface area contributed by atoms with Gasteiger partial charge in [-0.15, -0.1) is 17.0 Å². The average Bonchev–Trinajstić information content (AvgIpc) is 3.42. The summed E-state index contributed by atoms with van der Waals surface area (Å²) in [4.78, 5) is 0. The van der Waals surface area contributed by atoms with E-state index in [1.165, 1.54) is 33.5 Å². The van der Waals surface area contributed by atoms with E-state index in [2.05, 4.69) is 140 Å². The molecule has 0 spiro atoms. The van der Waals surface area contributed by atoms with Crippen LogP contribution in [-0.4, -0.2) is 37.3 Å². The molecule has 6 nitrogen and oxygen atoms in total. The van der Waals surface area contributed by atoms with Gasteiger partial charge in [-0.05, 0) is 16.4 Å². The number of aromatic amines is 3. The first kappa shape index (κ1) is 38.9. The van der Waals surface area contributed by atoms with Crippen LogP contribution in [0.5, 0.6) is 0 Å². The summed E-state index contributed by atoms with van der Waals surface area (Å²) >= 11 is 0. The molecule has 3 aromatic rings. The zero-order valence-corrected chi connectivity index (χ0v) is 32.9. The number of hydrogen-bond acceptors (Lipinski definition) is 3. The van der Waals surface area contributed by atoms with Crippen LogP contribution >= 0.6 is 17.0 Å². The molecule has 0 aromatic carbocycles. The van der Waals surface area contributed by atoms with Gasteiger partial charge < -0.3 is 0 Å². The van der Waals surface area contributed by atoms with Crippen molar-refractivity contribution in [3.8, 4) is 0 Å². The first-order chi connectivity index (χ1) is 17.7. The molecule has 0 unspecified atom stereocenters. The van der Waals surface area contributed by atoms with E-state index in [0.717, 1.165) is 17.1 Å². The van der Waals surface area contributed by atoms with Crippen molar-refractivity contribution < 1.29 is 20.4 Å². The Labute approximate surface area is 281 Å². The molecule has 0 saturated carbocycles. The Hall–Kier alpha value is -1.16. The summed E-state index contributed by atoms with van der Waals surface area (Å²) in [6, 6.07) is 0. The Kier molecular flexibility index (Phi) is 11.1. The largest absolute Gasteiger partial charge is 0.282 e. The molecule has 0 radical (unpaired) electrons. The fourth-order valence-corrected chi connectivity index (χ4v) is 5.76. The average molecular weight is 736 g/mol. The molecular formula is C33H58BBrN6Pd. The molecule has 0 atom stereocenters. The second kappa shape index (κ2) is 12.0. The summed E-state index contributed by atoms with van der Waals surface area (Å²) in [6.45, 7) is 40.8. The molecule has 0 fully saturated rings. The number of hydrogen-bond donors (Lipinski definition) is 3. The number of nitrogens with one attached hydrogen (secondary N) is 3. The van der Waals surface area contributed by atoms with E-state index in [1.54, 1.807) is 0 Å². The maximum Gasteiger partial charge on any atom is 0.255 e. The molecule has 3 N–H and O–H groups in total. The molecule has 0 saturated heterocycles. The van der Waals surface area contributed by atoms with Crippen LogP contribution < -0.4 is 16.4 Å². The molecule has 42 heavy (non-hydrogen) atoms. The topological polar surface area (TPSA) is 86.0 Å².